The molecule has 0 saturated carbocycles. The Kier molecular flexibility index (Phi) is 3.51. The number of rotatable bonds is 2. The topological polar surface area (TPSA) is 69.6 Å². The Labute approximate surface area is 111 Å². The Bertz CT molecular complexity index is 645. The predicted molar refractivity (Wildman–Crippen MR) is 64.0 cm³/mol. The number of anilines is 1. The highest BCUT2D eigenvalue weighted by Crippen LogP contribution is 2.22. The molecule has 0 unspecified atom stereocenters. The Balaban J connectivity index is 2.28. The Morgan fingerprint density at radius 1 is 0.900 bits per heavy atom. The minimum atomic E-state index is -1.64. The van der Waals surface area contributed by atoms with E-state index in [1.165, 1.54) is 0 Å². The first-order valence-corrected chi connectivity index (χ1v) is 5.36. The molecule has 2 aromatic rings. The van der Waals surface area contributed by atoms with E-state index in [0.29, 0.717) is 12.1 Å². The maximum Gasteiger partial charge on any atom is 0.255 e. The summed E-state index contributed by atoms with van der Waals surface area (Å²) in [4.78, 5) is 11.8. The molecular formula is C13H8F3NO3. The van der Waals surface area contributed by atoms with Crippen molar-refractivity contribution in [3.05, 3.63) is 53.3 Å². The first-order valence-electron chi connectivity index (χ1n) is 5.36. The third-order valence-corrected chi connectivity index (χ3v) is 2.41. The van der Waals surface area contributed by atoms with Gasteiger partial charge >= 0.3 is 0 Å². The summed E-state index contributed by atoms with van der Waals surface area (Å²) < 4.78 is 38.7. The van der Waals surface area contributed by atoms with Crippen LogP contribution < -0.4 is 5.32 Å². The zero-order valence-corrected chi connectivity index (χ0v) is 9.82. The molecule has 4 nitrogen and oxygen atoms in total. The Morgan fingerprint density at radius 3 is 1.90 bits per heavy atom. The van der Waals surface area contributed by atoms with Crippen LogP contribution in [0.2, 0.25) is 0 Å². The first-order chi connectivity index (χ1) is 9.36. The van der Waals surface area contributed by atoms with E-state index in [9.17, 15) is 28.2 Å². The summed E-state index contributed by atoms with van der Waals surface area (Å²) in [5, 5.41) is 20.6. The third kappa shape index (κ3) is 2.82. The molecule has 20 heavy (non-hydrogen) atoms. The molecule has 0 saturated heterocycles. The van der Waals surface area contributed by atoms with Crippen LogP contribution in [0.15, 0.2) is 30.3 Å². The highest BCUT2D eigenvalue weighted by Gasteiger charge is 2.14. The molecule has 0 bridgehead atoms. The van der Waals surface area contributed by atoms with Crippen molar-refractivity contribution < 1.29 is 28.2 Å². The first kappa shape index (κ1) is 13.7. The smallest absolute Gasteiger partial charge is 0.255 e. The van der Waals surface area contributed by atoms with E-state index in [-0.39, 0.29) is 22.7 Å². The Hall–Kier alpha value is -2.70. The number of amides is 1. The largest absolute Gasteiger partial charge is 0.508 e. The van der Waals surface area contributed by atoms with E-state index in [1.807, 2.05) is 0 Å². The number of halogens is 3. The van der Waals surface area contributed by atoms with Gasteiger partial charge in [-0.3, -0.25) is 4.79 Å². The lowest BCUT2D eigenvalue weighted by atomic mass is 10.2. The SMILES string of the molecule is O=C(Nc1cc(F)c(F)c(F)c1)c1cc(O)cc(O)c1. The molecule has 2 aromatic carbocycles. The standard InChI is InChI=1S/C13H8F3NO3/c14-10-3-7(4-11(15)12(10)16)17-13(20)6-1-8(18)5-9(19)2-6/h1-5,18-19H,(H,17,20). The quantitative estimate of drug-likeness (QED) is 0.742. The highest BCUT2D eigenvalue weighted by molar-refractivity contribution is 6.04. The number of carbonyl (C=O) groups is 1. The van der Waals surface area contributed by atoms with Gasteiger partial charge in [0.1, 0.15) is 11.5 Å². The van der Waals surface area contributed by atoms with E-state index in [2.05, 4.69) is 5.32 Å². The van der Waals surface area contributed by atoms with Crippen LogP contribution in [0.5, 0.6) is 11.5 Å². The molecule has 0 heterocycles. The van der Waals surface area contributed by atoms with Crippen molar-refractivity contribution in [2.75, 3.05) is 5.32 Å². The summed E-state index contributed by atoms with van der Waals surface area (Å²) in [7, 11) is 0. The van der Waals surface area contributed by atoms with Gasteiger partial charge in [-0.25, -0.2) is 13.2 Å². The fourth-order valence-corrected chi connectivity index (χ4v) is 1.56. The molecule has 0 spiro atoms. The highest BCUT2D eigenvalue weighted by atomic mass is 19.2. The summed E-state index contributed by atoms with van der Waals surface area (Å²) in [5.41, 5.74) is -0.429. The lowest BCUT2D eigenvalue weighted by Crippen LogP contribution is -2.12. The normalized spacial score (nSPS) is 10.3. The van der Waals surface area contributed by atoms with Crippen molar-refractivity contribution in [2.24, 2.45) is 0 Å². The van der Waals surface area contributed by atoms with Crippen LogP contribution in [-0.2, 0) is 0 Å². The molecule has 0 atom stereocenters. The molecule has 0 aliphatic rings. The molecule has 7 heteroatoms. The van der Waals surface area contributed by atoms with Crippen LogP contribution in [0.25, 0.3) is 0 Å². The molecule has 0 aliphatic carbocycles. The van der Waals surface area contributed by atoms with Crippen LogP contribution in [0.3, 0.4) is 0 Å². The maximum absolute atomic E-state index is 13.0. The van der Waals surface area contributed by atoms with Gasteiger partial charge in [0.05, 0.1) is 0 Å². The molecule has 104 valence electrons. The fourth-order valence-electron chi connectivity index (χ4n) is 1.56. The van der Waals surface area contributed by atoms with E-state index >= 15 is 0 Å². The lowest BCUT2D eigenvalue weighted by Gasteiger charge is -2.07. The molecule has 0 fully saturated rings. The second-order valence-electron chi connectivity index (χ2n) is 3.95. The Morgan fingerprint density at radius 2 is 1.40 bits per heavy atom. The van der Waals surface area contributed by atoms with Gasteiger partial charge in [0.2, 0.25) is 0 Å². The van der Waals surface area contributed by atoms with Crippen molar-refractivity contribution >= 4 is 11.6 Å². The van der Waals surface area contributed by atoms with Crippen LogP contribution >= 0.6 is 0 Å². The van der Waals surface area contributed by atoms with Crippen LogP contribution in [-0.4, -0.2) is 16.1 Å². The fraction of sp³-hybridized carbons (Fsp3) is 0. The van der Waals surface area contributed by atoms with Crippen molar-refractivity contribution in [3.63, 3.8) is 0 Å². The monoisotopic (exact) mass is 283 g/mol. The molecule has 0 aromatic heterocycles. The summed E-state index contributed by atoms with van der Waals surface area (Å²) in [6.07, 6.45) is 0. The number of nitrogens with one attached hydrogen (secondary N) is 1. The molecule has 0 aliphatic heterocycles. The van der Waals surface area contributed by atoms with Gasteiger partial charge in [0.15, 0.2) is 17.5 Å². The van der Waals surface area contributed by atoms with Gasteiger partial charge in [-0.15, -0.1) is 0 Å². The van der Waals surface area contributed by atoms with Crippen molar-refractivity contribution in [1.29, 1.82) is 0 Å². The van der Waals surface area contributed by atoms with E-state index in [0.717, 1.165) is 18.2 Å². The number of carbonyl (C=O) groups excluding carboxylic acids is 1. The van der Waals surface area contributed by atoms with Gasteiger partial charge in [-0.1, -0.05) is 0 Å². The van der Waals surface area contributed by atoms with Gasteiger partial charge in [0.25, 0.3) is 5.91 Å². The van der Waals surface area contributed by atoms with Gasteiger partial charge in [-0.2, -0.15) is 0 Å². The van der Waals surface area contributed by atoms with Crippen molar-refractivity contribution in [1.82, 2.24) is 0 Å². The zero-order valence-electron chi connectivity index (χ0n) is 9.82. The summed E-state index contributed by atoms with van der Waals surface area (Å²) in [6.45, 7) is 0. The summed E-state index contributed by atoms with van der Waals surface area (Å²) in [6, 6.07) is 4.32. The summed E-state index contributed by atoms with van der Waals surface area (Å²) >= 11 is 0. The lowest BCUT2D eigenvalue weighted by molar-refractivity contribution is 0.102. The average molecular weight is 283 g/mol. The van der Waals surface area contributed by atoms with Gasteiger partial charge in [-0.05, 0) is 12.1 Å². The molecule has 2 rings (SSSR count). The molecule has 0 radical (unpaired) electrons. The van der Waals surface area contributed by atoms with Gasteiger partial charge in [0, 0.05) is 29.4 Å². The number of hydrogen-bond acceptors (Lipinski definition) is 3. The number of aromatic hydroxyl groups is 2. The van der Waals surface area contributed by atoms with E-state index in [4.69, 9.17) is 0 Å². The minimum Gasteiger partial charge on any atom is -0.508 e. The zero-order chi connectivity index (χ0) is 14.9. The number of benzene rings is 2. The van der Waals surface area contributed by atoms with Gasteiger partial charge < -0.3 is 15.5 Å². The van der Waals surface area contributed by atoms with Crippen molar-refractivity contribution in [2.45, 2.75) is 0 Å². The summed E-state index contributed by atoms with van der Waals surface area (Å²) in [5.74, 6) is -6.07. The second-order valence-corrected chi connectivity index (χ2v) is 3.95. The average Bonchev–Trinajstić information content (AvgIpc) is 2.34. The van der Waals surface area contributed by atoms with E-state index in [1.54, 1.807) is 0 Å². The third-order valence-electron chi connectivity index (χ3n) is 2.41. The predicted octanol–water partition coefficient (Wildman–Crippen LogP) is 2.77. The number of hydrogen-bond donors (Lipinski definition) is 3. The van der Waals surface area contributed by atoms with Crippen LogP contribution in [0, 0.1) is 17.5 Å². The van der Waals surface area contributed by atoms with Crippen LogP contribution in [0.1, 0.15) is 10.4 Å². The molecule has 1 amide bonds. The second kappa shape index (κ2) is 5.12. The molecule has 3 N–H and O–H groups in total. The number of phenols is 2. The minimum absolute atomic E-state index is 0.132. The van der Waals surface area contributed by atoms with Crippen molar-refractivity contribution in [3.8, 4) is 11.5 Å². The number of phenolic OH excluding ortho intramolecular Hbond substituents is 2. The molecular weight excluding hydrogens is 275 g/mol. The van der Waals surface area contributed by atoms with Crippen LogP contribution in [0.4, 0.5) is 18.9 Å². The maximum atomic E-state index is 13.0. The van der Waals surface area contributed by atoms with E-state index < -0.39 is 23.4 Å².